The molecule has 72 valence electrons. The number of hydrogen-bond acceptors (Lipinski definition) is 2. The first kappa shape index (κ1) is 12.0. The number of thioether (sulfide) groups is 1. The van der Waals surface area contributed by atoms with E-state index in [1.165, 1.54) is 5.75 Å². The maximum absolute atomic E-state index is 4.10. The Hall–Kier alpha value is 0.0200. The Bertz CT molecular complexity index is 130. The molecule has 1 atom stereocenters. The first-order valence-corrected chi connectivity index (χ1v) is 5.66. The SMILES string of the molecule is C/N=C/C(CSC(C)C)C(C)C. The maximum atomic E-state index is 4.10. The van der Waals surface area contributed by atoms with Crippen molar-refractivity contribution in [3.05, 3.63) is 0 Å². The van der Waals surface area contributed by atoms with Gasteiger partial charge in [-0.2, -0.15) is 11.8 Å². The van der Waals surface area contributed by atoms with Crippen LogP contribution in [-0.4, -0.2) is 24.3 Å². The topological polar surface area (TPSA) is 12.4 Å². The van der Waals surface area contributed by atoms with Gasteiger partial charge in [0.1, 0.15) is 0 Å². The monoisotopic (exact) mass is 187 g/mol. The Labute approximate surface area is 81.0 Å². The van der Waals surface area contributed by atoms with Crippen LogP contribution in [0.4, 0.5) is 0 Å². The molecule has 0 amide bonds. The van der Waals surface area contributed by atoms with Gasteiger partial charge in [-0.3, -0.25) is 0 Å². The van der Waals surface area contributed by atoms with E-state index in [2.05, 4.69) is 38.9 Å². The minimum Gasteiger partial charge on any atom is -0.301 e. The second-order valence-electron chi connectivity index (χ2n) is 3.70. The van der Waals surface area contributed by atoms with Crippen molar-refractivity contribution < 1.29 is 0 Å². The largest absolute Gasteiger partial charge is 0.301 e. The summed E-state index contributed by atoms with van der Waals surface area (Å²) in [6.07, 6.45) is 2.08. The van der Waals surface area contributed by atoms with Crippen LogP contribution in [0.25, 0.3) is 0 Å². The fourth-order valence-corrected chi connectivity index (χ4v) is 1.98. The fourth-order valence-electron chi connectivity index (χ4n) is 0.903. The molecule has 0 bridgehead atoms. The van der Waals surface area contributed by atoms with Crippen molar-refractivity contribution in [1.29, 1.82) is 0 Å². The van der Waals surface area contributed by atoms with E-state index in [-0.39, 0.29) is 0 Å². The van der Waals surface area contributed by atoms with Crippen LogP contribution in [0.1, 0.15) is 27.7 Å². The Balaban J connectivity index is 3.79. The van der Waals surface area contributed by atoms with Gasteiger partial charge in [-0.05, 0) is 11.2 Å². The van der Waals surface area contributed by atoms with E-state index in [1.54, 1.807) is 0 Å². The fraction of sp³-hybridized carbons (Fsp3) is 0.900. The first-order valence-electron chi connectivity index (χ1n) is 4.61. The molecule has 0 aliphatic heterocycles. The Morgan fingerprint density at radius 1 is 1.25 bits per heavy atom. The Morgan fingerprint density at radius 2 is 1.83 bits per heavy atom. The molecule has 2 heteroatoms. The van der Waals surface area contributed by atoms with Crippen molar-refractivity contribution in [3.8, 4) is 0 Å². The van der Waals surface area contributed by atoms with Crippen molar-refractivity contribution in [1.82, 2.24) is 0 Å². The van der Waals surface area contributed by atoms with Crippen LogP contribution >= 0.6 is 11.8 Å². The highest BCUT2D eigenvalue weighted by Gasteiger charge is 2.10. The Morgan fingerprint density at radius 3 is 2.17 bits per heavy atom. The highest BCUT2D eigenvalue weighted by atomic mass is 32.2. The zero-order valence-electron chi connectivity index (χ0n) is 8.87. The number of rotatable bonds is 5. The molecule has 0 spiro atoms. The van der Waals surface area contributed by atoms with Crippen LogP contribution in [0, 0.1) is 11.8 Å². The van der Waals surface area contributed by atoms with Gasteiger partial charge in [-0.25, -0.2) is 0 Å². The summed E-state index contributed by atoms with van der Waals surface area (Å²) in [7, 11) is 1.86. The lowest BCUT2D eigenvalue weighted by molar-refractivity contribution is 0.547. The standard InChI is InChI=1S/C10H21NS/c1-8(2)10(6-11-5)7-12-9(3)4/h6,8-10H,7H2,1-5H3/b11-6+. The van der Waals surface area contributed by atoms with E-state index < -0.39 is 0 Å². The molecule has 1 unspecified atom stereocenters. The van der Waals surface area contributed by atoms with E-state index in [1.807, 2.05) is 18.8 Å². The molecule has 0 aliphatic carbocycles. The third kappa shape index (κ3) is 5.64. The normalized spacial score (nSPS) is 14.9. The van der Waals surface area contributed by atoms with Gasteiger partial charge in [-0.15, -0.1) is 0 Å². The minimum atomic E-state index is 0.641. The van der Waals surface area contributed by atoms with Gasteiger partial charge in [-0.1, -0.05) is 27.7 Å². The quantitative estimate of drug-likeness (QED) is 0.602. The van der Waals surface area contributed by atoms with Crippen LogP contribution in [0.5, 0.6) is 0 Å². The Kier molecular flexibility index (Phi) is 6.54. The number of nitrogens with zero attached hydrogens (tertiary/aromatic N) is 1. The van der Waals surface area contributed by atoms with Gasteiger partial charge in [0.15, 0.2) is 0 Å². The second-order valence-corrected chi connectivity index (χ2v) is 5.31. The molecule has 0 aliphatic rings. The highest BCUT2D eigenvalue weighted by Crippen LogP contribution is 2.18. The molecule has 0 rings (SSSR count). The summed E-state index contributed by atoms with van der Waals surface area (Å²) >= 11 is 2.02. The van der Waals surface area contributed by atoms with Gasteiger partial charge in [0.05, 0.1) is 0 Å². The summed E-state index contributed by atoms with van der Waals surface area (Å²) in [6, 6.07) is 0. The summed E-state index contributed by atoms with van der Waals surface area (Å²) in [5.74, 6) is 2.55. The third-order valence-corrected chi connectivity index (χ3v) is 3.06. The van der Waals surface area contributed by atoms with E-state index in [0.29, 0.717) is 11.8 Å². The van der Waals surface area contributed by atoms with E-state index in [4.69, 9.17) is 0 Å². The van der Waals surface area contributed by atoms with Crippen LogP contribution < -0.4 is 0 Å². The summed E-state index contributed by atoms with van der Waals surface area (Å²) in [4.78, 5) is 4.10. The van der Waals surface area contributed by atoms with Crippen LogP contribution in [-0.2, 0) is 0 Å². The molecule has 0 saturated heterocycles. The highest BCUT2D eigenvalue weighted by molar-refractivity contribution is 7.99. The second kappa shape index (κ2) is 6.53. The molecule has 12 heavy (non-hydrogen) atoms. The maximum Gasteiger partial charge on any atom is 0.0273 e. The summed E-state index contributed by atoms with van der Waals surface area (Å²) < 4.78 is 0. The third-order valence-electron chi connectivity index (χ3n) is 1.82. The molecule has 0 radical (unpaired) electrons. The zero-order chi connectivity index (χ0) is 9.56. The number of aliphatic imine (C=N–C) groups is 1. The van der Waals surface area contributed by atoms with E-state index in [0.717, 1.165) is 5.25 Å². The molecule has 0 heterocycles. The van der Waals surface area contributed by atoms with Crippen molar-refractivity contribution >= 4 is 18.0 Å². The van der Waals surface area contributed by atoms with E-state index >= 15 is 0 Å². The molecular formula is C10H21NS. The van der Waals surface area contributed by atoms with Gasteiger partial charge in [0.2, 0.25) is 0 Å². The molecular weight excluding hydrogens is 166 g/mol. The average molecular weight is 187 g/mol. The lowest BCUT2D eigenvalue weighted by atomic mass is 10.00. The van der Waals surface area contributed by atoms with E-state index in [9.17, 15) is 0 Å². The summed E-state index contributed by atoms with van der Waals surface area (Å²) in [5, 5.41) is 0.733. The molecule has 0 saturated carbocycles. The molecule has 0 aromatic rings. The van der Waals surface area contributed by atoms with Crippen LogP contribution in [0.3, 0.4) is 0 Å². The summed E-state index contributed by atoms with van der Waals surface area (Å²) in [6.45, 7) is 9.00. The minimum absolute atomic E-state index is 0.641. The lowest BCUT2D eigenvalue weighted by Gasteiger charge is -2.16. The van der Waals surface area contributed by atoms with Crippen molar-refractivity contribution in [3.63, 3.8) is 0 Å². The van der Waals surface area contributed by atoms with Crippen LogP contribution in [0.15, 0.2) is 4.99 Å². The number of hydrogen-bond donors (Lipinski definition) is 0. The van der Waals surface area contributed by atoms with Crippen molar-refractivity contribution in [2.45, 2.75) is 32.9 Å². The smallest absolute Gasteiger partial charge is 0.0273 e. The average Bonchev–Trinajstić information content (AvgIpc) is 1.96. The van der Waals surface area contributed by atoms with Gasteiger partial charge < -0.3 is 4.99 Å². The van der Waals surface area contributed by atoms with Gasteiger partial charge in [0.25, 0.3) is 0 Å². The predicted molar refractivity (Wildman–Crippen MR) is 60.3 cm³/mol. The van der Waals surface area contributed by atoms with Crippen molar-refractivity contribution in [2.24, 2.45) is 16.8 Å². The molecule has 0 N–H and O–H groups in total. The van der Waals surface area contributed by atoms with Crippen molar-refractivity contribution in [2.75, 3.05) is 12.8 Å². The van der Waals surface area contributed by atoms with Gasteiger partial charge >= 0.3 is 0 Å². The first-order chi connectivity index (χ1) is 5.57. The molecule has 0 fully saturated rings. The molecule has 0 aromatic carbocycles. The van der Waals surface area contributed by atoms with Gasteiger partial charge in [0, 0.05) is 24.9 Å². The lowest BCUT2D eigenvalue weighted by Crippen LogP contribution is -2.14. The summed E-state index contributed by atoms with van der Waals surface area (Å²) in [5.41, 5.74) is 0. The zero-order valence-corrected chi connectivity index (χ0v) is 9.69. The molecule has 1 nitrogen and oxygen atoms in total. The molecule has 0 aromatic heterocycles. The van der Waals surface area contributed by atoms with Crippen LogP contribution in [0.2, 0.25) is 0 Å². The predicted octanol–water partition coefficient (Wildman–Crippen LogP) is 3.10.